The number of anilines is 2. The molecule has 0 radical (unpaired) electrons. The highest BCUT2D eigenvalue weighted by atomic mass is 127. The van der Waals surface area contributed by atoms with E-state index in [1.54, 1.807) is 6.07 Å². The van der Waals surface area contributed by atoms with Gasteiger partial charge in [-0.05, 0) is 52.9 Å². The summed E-state index contributed by atoms with van der Waals surface area (Å²) < 4.78 is 42.8. The van der Waals surface area contributed by atoms with Crippen molar-refractivity contribution in [2.24, 2.45) is 5.92 Å². The van der Waals surface area contributed by atoms with Gasteiger partial charge in [0.05, 0.1) is 22.9 Å². The zero-order valence-electron chi connectivity index (χ0n) is 13.7. The molecule has 1 aliphatic heterocycles. The largest absolute Gasteiger partial charge is 0.386 e. The monoisotopic (exact) mass is 476 g/mol. The fourth-order valence-corrected chi connectivity index (χ4v) is 3.22. The maximum Gasteiger partial charge on any atom is 0.182 e. The number of Topliss-reactive ketones (excluding diaryl/α,β-unsaturated/α-hetero) is 1. The average Bonchev–Trinajstić information content (AvgIpc) is 2.57. The van der Waals surface area contributed by atoms with Crippen LogP contribution >= 0.6 is 22.6 Å². The third-order valence-corrected chi connectivity index (χ3v) is 5.28. The maximum atomic E-state index is 14.4. The predicted octanol–water partition coefficient (Wildman–Crippen LogP) is 3.61. The molecule has 138 valence electrons. The van der Waals surface area contributed by atoms with Crippen molar-refractivity contribution in [1.29, 1.82) is 0 Å². The van der Waals surface area contributed by atoms with Crippen molar-refractivity contribution in [1.82, 2.24) is 5.32 Å². The quantitative estimate of drug-likeness (QED) is 0.456. The van der Waals surface area contributed by atoms with E-state index in [4.69, 9.17) is 0 Å². The first-order chi connectivity index (χ1) is 12.2. The minimum Gasteiger partial charge on any atom is -0.386 e. The molecule has 0 amide bonds. The summed E-state index contributed by atoms with van der Waals surface area (Å²) in [4.78, 5) is 12.8. The Morgan fingerprint density at radius 2 is 1.92 bits per heavy atom. The Balaban J connectivity index is 2.01. The number of benzene rings is 2. The van der Waals surface area contributed by atoms with E-state index in [9.17, 15) is 23.1 Å². The van der Waals surface area contributed by atoms with Gasteiger partial charge in [-0.2, -0.15) is 0 Å². The van der Waals surface area contributed by atoms with E-state index < -0.39 is 40.4 Å². The van der Waals surface area contributed by atoms with E-state index in [0.717, 1.165) is 12.1 Å². The first-order valence-corrected chi connectivity index (χ1v) is 8.98. The molecular formula is C18H16F3IN2O2. The van der Waals surface area contributed by atoms with Crippen LogP contribution in [0.15, 0.2) is 30.3 Å². The number of nitrogens with one attached hydrogen (secondary N) is 2. The molecule has 0 spiro atoms. The number of β-amino-alcohol motifs (C(OH)–C–C–N with tert-alkyl or cyclic N) is 1. The molecule has 1 atom stereocenters. The van der Waals surface area contributed by atoms with Gasteiger partial charge in [-0.3, -0.25) is 4.79 Å². The normalized spacial score (nSPS) is 16.7. The van der Waals surface area contributed by atoms with Crippen LogP contribution in [-0.2, 0) is 0 Å². The van der Waals surface area contributed by atoms with Gasteiger partial charge in [0.25, 0.3) is 0 Å². The summed E-state index contributed by atoms with van der Waals surface area (Å²) in [6.45, 7) is 2.00. The number of ketones is 1. The first-order valence-electron chi connectivity index (χ1n) is 7.90. The lowest BCUT2D eigenvalue weighted by molar-refractivity contribution is -0.0451. The highest BCUT2D eigenvalue weighted by Gasteiger charge is 2.44. The molecule has 1 unspecified atom stereocenters. The Morgan fingerprint density at radius 1 is 1.23 bits per heavy atom. The van der Waals surface area contributed by atoms with Crippen molar-refractivity contribution < 1.29 is 23.1 Å². The molecule has 0 bridgehead atoms. The molecule has 3 N–H and O–H groups in total. The van der Waals surface area contributed by atoms with Gasteiger partial charge in [-0.25, -0.2) is 13.2 Å². The Bertz CT molecular complexity index is 872. The fourth-order valence-electron chi connectivity index (χ4n) is 2.77. The molecule has 0 aliphatic carbocycles. The second-order valence-corrected chi connectivity index (χ2v) is 7.57. The number of rotatable bonds is 5. The summed E-state index contributed by atoms with van der Waals surface area (Å²) >= 11 is 1.92. The van der Waals surface area contributed by atoms with Crippen molar-refractivity contribution >= 4 is 39.7 Å². The minimum absolute atomic E-state index is 0.0827. The Kier molecular flexibility index (Phi) is 5.27. The molecule has 1 fully saturated rings. The first kappa shape index (κ1) is 19.1. The second kappa shape index (κ2) is 7.16. The van der Waals surface area contributed by atoms with Crippen LogP contribution in [0.3, 0.4) is 0 Å². The lowest BCUT2D eigenvalue weighted by Gasteiger charge is -2.41. The van der Waals surface area contributed by atoms with E-state index in [-0.39, 0.29) is 24.3 Å². The van der Waals surface area contributed by atoms with Crippen LogP contribution in [0.1, 0.15) is 17.3 Å². The Hall–Kier alpha value is -1.65. The van der Waals surface area contributed by atoms with Crippen LogP contribution in [-0.4, -0.2) is 29.6 Å². The zero-order chi connectivity index (χ0) is 19.1. The van der Waals surface area contributed by atoms with Crippen LogP contribution in [0.25, 0.3) is 0 Å². The SMILES string of the molecule is CC(C(=O)c1ccc(F)c(F)c1Nc1ccc(I)cc1F)C1(O)CNC1. The highest BCUT2D eigenvalue weighted by molar-refractivity contribution is 14.1. The number of hydrogen-bond acceptors (Lipinski definition) is 4. The van der Waals surface area contributed by atoms with Gasteiger partial charge in [0, 0.05) is 22.2 Å². The second-order valence-electron chi connectivity index (χ2n) is 6.33. The summed E-state index contributed by atoms with van der Waals surface area (Å²) in [5.41, 5.74) is -1.92. The number of carbonyl (C=O) groups is 1. The summed E-state index contributed by atoms with van der Waals surface area (Å²) in [5.74, 6) is -4.49. The summed E-state index contributed by atoms with van der Waals surface area (Å²) in [7, 11) is 0. The summed E-state index contributed by atoms with van der Waals surface area (Å²) in [6.07, 6.45) is 0. The van der Waals surface area contributed by atoms with Crippen molar-refractivity contribution in [2.45, 2.75) is 12.5 Å². The zero-order valence-corrected chi connectivity index (χ0v) is 15.9. The van der Waals surface area contributed by atoms with Crippen molar-refractivity contribution in [3.63, 3.8) is 0 Å². The molecule has 0 saturated carbocycles. The van der Waals surface area contributed by atoms with Crippen LogP contribution in [0.4, 0.5) is 24.5 Å². The maximum absolute atomic E-state index is 14.4. The fraction of sp³-hybridized carbons (Fsp3) is 0.278. The molecule has 4 nitrogen and oxygen atoms in total. The minimum atomic E-state index is -1.28. The van der Waals surface area contributed by atoms with E-state index >= 15 is 0 Å². The van der Waals surface area contributed by atoms with E-state index in [1.807, 2.05) is 22.6 Å². The molecule has 0 aromatic heterocycles. The Labute approximate surface area is 161 Å². The number of hydrogen-bond donors (Lipinski definition) is 3. The van der Waals surface area contributed by atoms with Gasteiger partial charge in [0.15, 0.2) is 17.4 Å². The van der Waals surface area contributed by atoms with Gasteiger partial charge >= 0.3 is 0 Å². The molecule has 3 rings (SSSR count). The predicted molar refractivity (Wildman–Crippen MR) is 100 cm³/mol. The molecule has 1 heterocycles. The van der Waals surface area contributed by atoms with E-state index in [2.05, 4.69) is 10.6 Å². The van der Waals surface area contributed by atoms with Crippen molar-refractivity contribution in [2.75, 3.05) is 18.4 Å². The molecular weight excluding hydrogens is 460 g/mol. The van der Waals surface area contributed by atoms with Gasteiger partial charge in [0.2, 0.25) is 0 Å². The Morgan fingerprint density at radius 3 is 2.50 bits per heavy atom. The summed E-state index contributed by atoms with van der Waals surface area (Å²) in [5, 5.41) is 15.7. The smallest absolute Gasteiger partial charge is 0.182 e. The van der Waals surface area contributed by atoms with Crippen LogP contribution < -0.4 is 10.6 Å². The van der Waals surface area contributed by atoms with Gasteiger partial charge in [-0.15, -0.1) is 0 Å². The molecule has 26 heavy (non-hydrogen) atoms. The van der Waals surface area contributed by atoms with E-state index in [0.29, 0.717) is 3.57 Å². The van der Waals surface area contributed by atoms with Gasteiger partial charge < -0.3 is 15.7 Å². The van der Waals surface area contributed by atoms with Crippen LogP contribution in [0.2, 0.25) is 0 Å². The number of aliphatic hydroxyl groups is 1. The van der Waals surface area contributed by atoms with Crippen molar-refractivity contribution in [3.8, 4) is 0 Å². The van der Waals surface area contributed by atoms with Crippen LogP contribution in [0.5, 0.6) is 0 Å². The standard InChI is InChI=1S/C18H16F3IN2O2/c1-9(18(26)7-23-8-18)17(25)11-3-4-12(19)15(21)16(11)24-14-5-2-10(22)6-13(14)20/h2-6,9,23-24,26H,7-8H2,1H3. The lowest BCUT2D eigenvalue weighted by Crippen LogP contribution is -2.64. The van der Waals surface area contributed by atoms with Gasteiger partial charge in [0.1, 0.15) is 5.82 Å². The number of halogens is 4. The van der Waals surface area contributed by atoms with E-state index in [1.165, 1.54) is 19.1 Å². The third kappa shape index (κ3) is 3.45. The molecule has 1 saturated heterocycles. The van der Waals surface area contributed by atoms with Gasteiger partial charge in [-0.1, -0.05) is 6.92 Å². The lowest BCUT2D eigenvalue weighted by atomic mass is 9.79. The van der Waals surface area contributed by atoms with Crippen molar-refractivity contribution in [3.05, 3.63) is 56.9 Å². The summed E-state index contributed by atoms with van der Waals surface area (Å²) in [6, 6.07) is 6.18. The molecule has 2 aromatic rings. The molecule has 1 aliphatic rings. The highest BCUT2D eigenvalue weighted by Crippen LogP contribution is 2.33. The van der Waals surface area contributed by atoms with Crippen LogP contribution in [0, 0.1) is 26.9 Å². The molecule has 2 aromatic carbocycles. The number of carbonyl (C=O) groups excluding carboxylic acids is 1. The average molecular weight is 476 g/mol. The molecule has 8 heteroatoms. The third-order valence-electron chi connectivity index (χ3n) is 4.61. The topological polar surface area (TPSA) is 61.4 Å².